The van der Waals surface area contributed by atoms with E-state index in [4.69, 9.17) is 5.73 Å². The molecule has 0 amide bonds. The molecule has 4 heteroatoms. The highest BCUT2D eigenvalue weighted by Gasteiger charge is 2.18. The van der Waals surface area contributed by atoms with E-state index >= 15 is 0 Å². The van der Waals surface area contributed by atoms with Gasteiger partial charge in [-0.2, -0.15) is 0 Å². The molecule has 2 rings (SSSR count). The van der Waals surface area contributed by atoms with Crippen molar-refractivity contribution in [3.63, 3.8) is 0 Å². The maximum atomic E-state index is 10.2. The second kappa shape index (κ2) is 7.85. The van der Waals surface area contributed by atoms with Crippen molar-refractivity contribution < 1.29 is 5.11 Å². The van der Waals surface area contributed by atoms with Gasteiger partial charge in [0.15, 0.2) is 0 Å². The van der Waals surface area contributed by atoms with Crippen molar-refractivity contribution in [3.8, 4) is 0 Å². The Bertz CT molecular complexity index is 507. The molecule has 0 spiro atoms. The predicted molar refractivity (Wildman–Crippen MR) is 89.5 cm³/mol. The summed E-state index contributed by atoms with van der Waals surface area (Å²) in [5.74, 6) is 0. The van der Waals surface area contributed by atoms with E-state index in [1.807, 2.05) is 54.6 Å². The second-order valence-corrected chi connectivity index (χ2v) is 5.47. The van der Waals surface area contributed by atoms with Crippen LogP contribution in [-0.4, -0.2) is 11.2 Å². The van der Waals surface area contributed by atoms with E-state index in [1.54, 1.807) is 0 Å². The lowest BCUT2D eigenvalue weighted by atomic mass is 9.97. The van der Waals surface area contributed by atoms with Crippen LogP contribution in [-0.2, 0) is 6.42 Å². The van der Waals surface area contributed by atoms with Crippen molar-refractivity contribution in [2.45, 2.75) is 18.6 Å². The molecule has 19 heavy (non-hydrogen) atoms. The first-order valence-corrected chi connectivity index (χ1v) is 6.98. The van der Waals surface area contributed by atoms with E-state index in [2.05, 4.69) is 22.6 Å². The first-order valence-electron chi connectivity index (χ1n) is 5.90. The number of hydrogen-bond donors (Lipinski definition) is 2. The van der Waals surface area contributed by atoms with Crippen LogP contribution in [0.1, 0.15) is 17.2 Å². The summed E-state index contributed by atoms with van der Waals surface area (Å²) in [7, 11) is 0. The minimum atomic E-state index is -0.566. The van der Waals surface area contributed by atoms with Gasteiger partial charge in [0.25, 0.3) is 0 Å². The monoisotopic (exact) mass is 389 g/mol. The Hall–Kier alpha value is -0.620. The van der Waals surface area contributed by atoms with E-state index in [-0.39, 0.29) is 18.4 Å². The molecule has 3 N–H and O–H groups in total. The fraction of sp³-hybridized carbons (Fsp3) is 0.200. The predicted octanol–water partition coefficient (Wildman–Crippen LogP) is 3.32. The average molecular weight is 390 g/mol. The van der Waals surface area contributed by atoms with E-state index < -0.39 is 6.10 Å². The first kappa shape index (κ1) is 16.4. The van der Waals surface area contributed by atoms with Crippen LogP contribution >= 0.6 is 35.0 Å². The lowest BCUT2D eigenvalue weighted by molar-refractivity contribution is 0.145. The van der Waals surface area contributed by atoms with E-state index in [9.17, 15) is 5.11 Å². The van der Waals surface area contributed by atoms with Crippen molar-refractivity contribution in [3.05, 3.63) is 69.3 Å². The van der Waals surface area contributed by atoms with Crippen LogP contribution in [0.2, 0.25) is 0 Å². The van der Waals surface area contributed by atoms with Crippen molar-refractivity contribution in [1.29, 1.82) is 0 Å². The third kappa shape index (κ3) is 4.45. The molecule has 0 unspecified atom stereocenters. The third-order valence-corrected chi connectivity index (χ3v) is 3.95. The van der Waals surface area contributed by atoms with Gasteiger partial charge in [0.1, 0.15) is 0 Å². The van der Waals surface area contributed by atoms with Crippen LogP contribution in [0.4, 0.5) is 0 Å². The van der Waals surface area contributed by atoms with Gasteiger partial charge < -0.3 is 10.8 Å². The van der Waals surface area contributed by atoms with Crippen LogP contribution < -0.4 is 5.73 Å². The first-order chi connectivity index (χ1) is 8.68. The Morgan fingerprint density at radius 1 is 1.00 bits per heavy atom. The largest absolute Gasteiger partial charge is 0.391 e. The summed E-state index contributed by atoms with van der Waals surface area (Å²) in [6.45, 7) is 0. The van der Waals surface area contributed by atoms with Gasteiger partial charge in [-0.25, -0.2) is 0 Å². The molecule has 0 aliphatic rings. The Kier molecular flexibility index (Phi) is 6.79. The smallest absolute Gasteiger partial charge is 0.0773 e. The molecule has 2 aromatic carbocycles. The number of rotatable bonds is 4. The van der Waals surface area contributed by atoms with Gasteiger partial charge in [-0.1, -0.05) is 48.5 Å². The molecule has 2 aromatic rings. The minimum absolute atomic E-state index is 0. The molecule has 2 nitrogen and oxygen atoms in total. The molecule has 0 radical (unpaired) electrons. The normalized spacial score (nSPS) is 13.4. The lowest BCUT2D eigenvalue weighted by Gasteiger charge is -2.20. The standard InChI is InChI=1S/C15H16INO.ClH/c16-13-9-5-4-8-12(13)15(17)14(18)10-11-6-2-1-3-7-11;/h1-9,14-15,18H,10,17H2;1H/t14-,15+;/m0./s1. The molecule has 0 fully saturated rings. The number of benzene rings is 2. The summed E-state index contributed by atoms with van der Waals surface area (Å²) in [5.41, 5.74) is 8.24. The molecular weight excluding hydrogens is 373 g/mol. The molecule has 0 bridgehead atoms. The summed E-state index contributed by atoms with van der Waals surface area (Å²) in [4.78, 5) is 0. The topological polar surface area (TPSA) is 46.2 Å². The van der Waals surface area contributed by atoms with Gasteiger partial charge in [0.2, 0.25) is 0 Å². The van der Waals surface area contributed by atoms with Gasteiger partial charge in [-0.3, -0.25) is 0 Å². The molecule has 0 aliphatic heterocycles. The van der Waals surface area contributed by atoms with Crippen molar-refractivity contribution in [2.75, 3.05) is 0 Å². The van der Waals surface area contributed by atoms with E-state index in [1.165, 1.54) is 0 Å². The number of aliphatic hydroxyl groups is 1. The van der Waals surface area contributed by atoms with Crippen LogP contribution in [0.15, 0.2) is 54.6 Å². The molecular formula is C15H17ClINO. The third-order valence-electron chi connectivity index (χ3n) is 2.97. The number of nitrogens with two attached hydrogens (primary N) is 1. The van der Waals surface area contributed by atoms with Crippen molar-refractivity contribution in [1.82, 2.24) is 0 Å². The summed E-state index contributed by atoms with van der Waals surface area (Å²) < 4.78 is 1.09. The number of hydrogen-bond acceptors (Lipinski definition) is 2. The van der Waals surface area contributed by atoms with Crippen molar-refractivity contribution >= 4 is 35.0 Å². The van der Waals surface area contributed by atoms with Gasteiger partial charge in [-0.05, 0) is 39.8 Å². The zero-order valence-corrected chi connectivity index (χ0v) is 13.3. The Morgan fingerprint density at radius 3 is 2.21 bits per heavy atom. The molecule has 0 heterocycles. The van der Waals surface area contributed by atoms with Crippen molar-refractivity contribution in [2.24, 2.45) is 5.73 Å². The summed E-state index contributed by atoms with van der Waals surface area (Å²) in [6.07, 6.45) is 0.01000. The maximum Gasteiger partial charge on any atom is 0.0773 e. The lowest BCUT2D eigenvalue weighted by Crippen LogP contribution is -2.28. The summed E-state index contributed by atoms with van der Waals surface area (Å²) in [5, 5.41) is 10.2. The fourth-order valence-corrected chi connectivity index (χ4v) is 2.68. The highest BCUT2D eigenvalue weighted by atomic mass is 127. The highest BCUT2D eigenvalue weighted by molar-refractivity contribution is 14.1. The zero-order valence-electron chi connectivity index (χ0n) is 10.4. The molecule has 0 aromatic heterocycles. The summed E-state index contributed by atoms with van der Waals surface area (Å²) in [6, 6.07) is 17.5. The van der Waals surface area contributed by atoms with Crippen LogP contribution in [0.25, 0.3) is 0 Å². The molecule has 102 valence electrons. The molecule has 0 aliphatic carbocycles. The minimum Gasteiger partial charge on any atom is -0.391 e. The van der Waals surface area contributed by atoms with Crippen LogP contribution in [0.5, 0.6) is 0 Å². The zero-order chi connectivity index (χ0) is 13.0. The SMILES string of the molecule is Cl.N[C@H](c1ccccc1I)[C@@H](O)Cc1ccccc1. The average Bonchev–Trinajstić information content (AvgIpc) is 2.39. The van der Waals surface area contributed by atoms with Crippen LogP contribution in [0.3, 0.4) is 0 Å². The highest BCUT2D eigenvalue weighted by Crippen LogP contribution is 2.22. The van der Waals surface area contributed by atoms with Gasteiger partial charge in [0, 0.05) is 9.99 Å². The summed E-state index contributed by atoms with van der Waals surface area (Å²) >= 11 is 2.25. The van der Waals surface area contributed by atoms with E-state index in [0.717, 1.165) is 14.7 Å². The van der Waals surface area contributed by atoms with E-state index in [0.29, 0.717) is 6.42 Å². The van der Waals surface area contributed by atoms with Crippen LogP contribution in [0, 0.1) is 3.57 Å². The molecule has 2 atom stereocenters. The Morgan fingerprint density at radius 2 is 1.58 bits per heavy atom. The van der Waals surface area contributed by atoms with Gasteiger partial charge >= 0.3 is 0 Å². The molecule has 0 saturated heterocycles. The quantitative estimate of drug-likeness (QED) is 0.788. The van der Waals surface area contributed by atoms with Gasteiger partial charge in [-0.15, -0.1) is 12.4 Å². The second-order valence-electron chi connectivity index (χ2n) is 4.30. The number of halogens is 2. The molecule has 0 saturated carbocycles. The maximum absolute atomic E-state index is 10.2. The van der Waals surface area contributed by atoms with Gasteiger partial charge in [0.05, 0.1) is 12.1 Å². The Labute approximate surface area is 133 Å². The Balaban J connectivity index is 0.00000180. The fourth-order valence-electron chi connectivity index (χ4n) is 1.94. The number of aliphatic hydroxyl groups excluding tert-OH is 1.